The number of hydrogen-bond donors (Lipinski definition) is 1. The first-order valence-corrected chi connectivity index (χ1v) is 6.95. The van der Waals surface area contributed by atoms with Crippen LogP contribution in [0.25, 0.3) is 0 Å². The Morgan fingerprint density at radius 1 is 1.33 bits per heavy atom. The third-order valence-electron chi connectivity index (χ3n) is 2.74. The van der Waals surface area contributed by atoms with Crippen molar-refractivity contribution in [1.29, 1.82) is 0 Å². The summed E-state index contributed by atoms with van der Waals surface area (Å²) in [7, 11) is 0. The predicted octanol–water partition coefficient (Wildman–Crippen LogP) is 3.89. The molecule has 1 N–H and O–H groups in total. The van der Waals surface area contributed by atoms with Gasteiger partial charge in [-0.2, -0.15) is 0 Å². The zero-order chi connectivity index (χ0) is 13.2. The van der Waals surface area contributed by atoms with E-state index < -0.39 is 0 Å². The SMILES string of the molecule is CC(C)(C)c1ccc(OCc2cnc[nH]2)c(I)c1. The Morgan fingerprint density at radius 2 is 2.11 bits per heavy atom. The molecule has 18 heavy (non-hydrogen) atoms. The maximum atomic E-state index is 5.77. The molecule has 0 amide bonds. The number of hydrogen-bond acceptors (Lipinski definition) is 2. The molecule has 0 radical (unpaired) electrons. The molecule has 0 bridgehead atoms. The van der Waals surface area contributed by atoms with Gasteiger partial charge in [0.2, 0.25) is 0 Å². The van der Waals surface area contributed by atoms with Crippen LogP contribution < -0.4 is 4.74 Å². The largest absolute Gasteiger partial charge is 0.486 e. The summed E-state index contributed by atoms with van der Waals surface area (Å²) in [6.45, 7) is 7.15. The summed E-state index contributed by atoms with van der Waals surface area (Å²) >= 11 is 2.32. The highest BCUT2D eigenvalue weighted by Crippen LogP contribution is 2.29. The smallest absolute Gasteiger partial charge is 0.133 e. The number of nitrogens with zero attached hydrogens (tertiary/aromatic N) is 1. The van der Waals surface area contributed by atoms with Crippen molar-refractivity contribution >= 4 is 22.6 Å². The van der Waals surface area contributed by atoms with E-state index in [-0.39, 0.29) is 5.41 Å². The third-order valence-corrected chi connectivity index (χ3v) is 3.58. The Balaban J connectivity index is 2.10. The maximum Gasteiger partial charge on any atom is 0.133 e. The molecule has 0 saturated heterocycles. The van der Waals surface area contributed by atoms with Gasteiger partial charge in [-0.3, -0.25) is 0 Å². The summed E-state index contributed by atoms with van der Waals surface area (Å²) in [5, 5.41) is 0. The standard InChI is InChI=1S/C14H17IN2O/c1-14(2,3)10-4-5-13(12(15)6-10)18-8-11-7-16-9-17-11/h4-7,9H,8H2,1-3H3,(H,16,17). The lowest BCUT2D eigenvalue weighted by atomic mass is 9.87. The Labute approximate surface area is 121 Å². The van der Waals surface area contributed by atoms with Crippen molar-refractivity contribution in [3.8, 4) is 5.75 Å². The molecule has 96 valence electrons. The fourth-order valence-corrected chi connectivity index (χ4v) is 2.27. The molecule has 3 nitrogen and oxygen atoms in total. The number of ether oxygens (including phenoxy) is 1. The van der Waals surface area contributed by atoms with Gasteiger partial charge in [-0.25, -0.2) is 4.98 Å². The molecule has 0 saturated carbocycles. The first-order valence-electron chi connectivity index (χ1n) is 5.87. The van der Waals surface area contributed by atoms with E-state index in [1.165, 1.54) is 5.56 Å². The molecule has 1 aromatic carbocycles. The average molecular weight is 356 g/mol. The summed E-state index contributed by atoms with van der Waals surface area (Å²) in [5.41, 5.74) is 2.47. The fourth-order valence-electron chi connectivity index (χ4n) is 1.60. The highest BCUT2D eigenvalue weighted by Gasteiger charge is 2.15. The minimum Gasteiger partial charge on any atom is -0.486 e. The van der Waals surface area contributed by atoms with E-state index in [9.17, 15) is 0 Å². The second-order valence-corrected chi connectivity index (χ2v) is 6.42. The van der Waals surface area contributed by atoms with Gasteiger partial charge in [0.25, 0.3) is 0 Å². The molecule has 0 aliphatic carbocycles. The highest BCUT2D eigenvalue weighted by molar-refractivity contribution is 14.1. The topological polar surface area (TPSA) is 37.9 Å². The Kier molecular flexibility index (Phi) is 3.94. The molecule has 0 fully saturated rings. The third kappa shape index (κ3) is 3.25. The van der Waals surface area contributed by atoms with Crippen molar-refractivity contribution in [1.82, 2.24) is 9.97 Å². The Bertz CT molecular complexity index is 515. The van der Waals surface area contributed by atoms with Gasteiger partial charge in [0, 0.05) is 0 Å². The van der Waals surface area contributed by atoms with Crippen molar-refractivity contribution < 1.29 is 4.74 Å². The van der Waals surface area contributed by atoms with Gasteiger partial charge in [0.15, 0.2) is 0 Å². The maximum absolute atomic E-state index is 5.77. The van der Waals surface area contributed by atoms with Crippen LogP contribution in [-0.4, -0.2) is 9.97 Å². The van der Waals surface area contributed by atoms with E-state index in [1.54, 1.807) is 12.5 Å². The van der Waals surface area contributed by atoms with E-state index in [1.807, 2.05) is 6.07 Å². The Morgan fingerprint density at radius 3 is 2.67 bits per heavy atom. The van der Waals surface area contributed by atoms with Crippen LogP contribution in [0.1, 0.15) is 32.0 Å². The van der Waals surface area contributed by atoms with Crippen LogP contribution >= 0.6 is 22.6 Å². The van der Waals surface area contributed by atoms with Crippen LogP contribution in [0.4, 0.5) is 0 Å². The first kappa shape index (κ1) is 13.4. The molecular weight excluding hydrogens is 339 g/mol. The van der Waals surface area contributed by atoms with Gasteiger partial charge in [0.05, 0.1) is 21.8 Å². The first-order chi connectivity index (χ1) is 8.47. The van der Waals surface area contributed by atoms with Gasteiger partial charge < -0.3 is 9.72 Å². The van der Waals surface area contributed by atoms with E-state index >= 15 is 0 Å². The molecule has 4 heteroatoms. The quantitative estimate of drug-likeness (QED) is 0.848. The lowest BCUT2D eigenvalue weighted by Crippen LogP contribution is -2.11. The second-order valence-electron chi connectivity index (χ2n) is 5.26. The zero-order valence-electron chi connectivity index (χ0n) is 10.8. The molecule has 0 aliphatic rings. The van der Waals surface area contributed by atoms with Gasteiger partial charge in [-0.1, -0.05) is 26.8 Å². The molecule has 0 atom stereocenters. The summed E-state index contributed by atoms with van der Waals surface area (Å²) in [6.07, 6.45) is 3.43. The molecule has 1 aromatic heterocycles. The van der Waals surface area contributed by atoms with Crippen LogP contribution in [0.15, 0.2) is 30.7 Å². The fraction of sp³-hybridized carbons (Fsp3) is 0.357. The van der Waals surface area contributed by atoms with E-state index in [0.717, 1.165) is 15.0 Å². The van der Waals surface area contributed by atoms with E-state index in [2.05, 4.69) is 65.5 Å². The summed E-state index contributed by atoms with van der Waals surface area (Å²) < 4.78 is 6.91. The number of nitrogens with one attached hydrogen (secondary N) is 1. The lowest BCUT2D eigenvalue weighted by molar-refractivity contribution is 0.299. The van der Waals surface area contributed by atoms with Crippen LogP contribution in [0, 0.1) is 3.57 Å². The normalized spacial score (nSPS) is 11.6. The van der Waals surface area contributed by atoms with Gasteiger partial charge >= 0.3 is 0 Å². The second kappa shape index (κ2) is 5.30. The van der Waals surface area contributed by atoms with Crippen molar-refractivity contribution in [3.05, 3.63) is 45.6 Å². The molecule has 0 aliphatic heterocycles. The summed E-state index contributed by atoms with van der Waals surface area (Å²) in [6, 6.07) is 6.35. The predicted molar refractivity (Wildman–Crippen MR) is 80.8 cm³/mol. The van der Waals surface area contributed by atoms with E-state index in [0.29, 0.717) is 6.61 Å². The minimum absolute atomic E-state index is 0.168. The van der Waals surface area contributed by atoms with Gasteiger partial charge in [0.1, 0.15) is 12.4 Å². The summed E-state index contributed by atoms with van der Waals surface area (Å²) in [4.78, 5) is 6.99. The Hall–Kier alpha value is -1.04. The number of H-pyrrole nitrogens is 1. The lowest BCUT2D eigenvalue weighted by Gasteiger charge is -2.20. The molecule has 2 rings (SSSR count). The monoisotopic (exact) mass is 356 g/mol. The number of aromatic amines is 1. The number of halogens is 1. The van der Waals surface area contributed by atoms with Crippen LogP contribution in [0.3, 0.4) is 0 Å². The van der Waals surface area contributed by atoms with Gasteiger partial charge in [-0.05, 0) is 45.7 Å². The molecule has 2 aromatic rings. The molecule has 0 spiro atoms. The highest BCUT2D eigenvalue weighted by atomic mass is 127. The van der Waals surface area contributed by atoms with Crippen LogP contribution in [-0.2, 0) is 12.0 Å². The van der Waals surface area contributed by atoms with Crippen molar-refractivity contribution in [2.75, 3.05) is 0 Å². The minimum atomic E-state index is 0.168. The molecule has 0 unspecified atom stereocenters. The van der Waals surface area contributed by atoms with Crippen molar-refractivity contribution in [2.24, 2.45) is 0 Å². The number of aromatic nitrogens is 2. The number of rotatable bonds is 3. The zero-order valence-corrected chi connectivity index (χ0v) is 13.0. The van der Waals surface area contributed by atoms with Crippen molar-refractivity contribution in [2.45, 2.75) is 32.8 Å². The van der Waals surface area contributed by atoms with Crippen molar-refractivity contribution in [3.63, 3.8) is 0 Å². The van der Waals surface area contributed by atoms with Gasteiger partial charge in [-0.15, -0.1) is 0 Å². The van der Waals surface area contributed by atoms with Crippen LogP contribution in [0.5, 0.6) is 5.75 Å². The van der Waals surface area contributed by atoms with E-state index in [4.69, 9.17) is 4.74 Å². The number of imidazole rings is 1. The van der Waals surface area contributed by atoms with Crippen LogP contribution in [0.2, 0.25) is 0 Å². The summed E-state index contributed by atoms with van der Waals surface area (Å²) in [5.74, 6) is 0.915. The molecule has 1 heterocycles. The molecular formula is C14H17IN2O. The number of benzene rings is 1. The average Bonchev–Trinajstić information content (AvgIpc) is 2.79.